The molecule has 4 nitrogen and oxygen atoms in total. The number of amides is 1. The highest BCUT2D eigenvalue weighted by molar-refractivity contribution is 5.80. The van der Waals surface area contributed by atoms with Gasteiger partial charge in [0, 0.05) is 25.2 Å². The van der Waals surface area contributed by atoms with Crippen LogP contribution >= 0.6 is 0 Å². The van der Waals surface area contributed by atoms with Crippen molar-refractivity contribution in [3.63, 3.8) is 0 Å². The van der Waals surface area contributed by atoms with Gasteiger partial charge in [-0.05, 0) is 39.8 Å². The number of carbonyl (C=O) groups excluding carboxylic acids is 1. The average molecular weight is 239 g/mol. The van der Waals surface area contributed by atoms with Gasteiger partial charge in [0.05, 0.1) is 5.92 Å². The second kappa shape index (κ2) is 5.36. The fraction of sp³-hybridized carbons (Fsp3) is 0.923. The third-order valence-electron chi connectivity index (χ3n) is 4.39. The first kappa shape index (κ1) is 12.8. The van der Waals surface area contributed by atoms with E-state index in [0.717, 1.165) is 45.2 Å². The lowest BCUT2D eigenvalue weighted by Gasteiger charge is -2.36. The molecule has 1 aliphatic heterocycles. The van der Waals surface area contributed by atoms with E-state index in [1.165, 1.54) is 0 Å². The van der Waals surface area contributed by atoms with Gasteiger partial charge in [-0.1, -0.05) is 6.42 Å². The van der Waals surface area contributed by atoms with Crippen molar-refractivity contribution < 1.29 is 4.79 Å². The molecule has 2 unspecified atom stereocenters. The number of hydrogen-bond donors (Lipinski definition) is 1. The van der Waals surface area contributed by atoms with Crippen LogP contribution in [0.3, 0.4) is 0 Å². The number of piperidine rings is 1. The standard InChI is InChI=1S/C13H25N3O/c1-15(2)10-6-8-16(9-7-10)13(17)11-4-3-5-12(11)14/h10-12H,3-9,14H2,1-2H3. The van der Waals surface area contributed by atoms with E-state index in [1.54, 1.807) is 0 Å². The summed E-state index contributed by atoms with van der Waals surface area (Å²) in [5, 5.41) is 0. The van der Waals surface area contributed by atoms with Gasteiger partial charge >= 0.3 is 0 Å². The predicted molar refractivity (Wildman–Crippen MR) is 68.6 cm³/mol. The van der Waals surface area contributed by atoms with Crippen LogP contribution in [0.5, 0.6) is 0 Å². The van der Waals surface area contributed by atoms with Gasteiger partial charge < -0.3 is 15.5 Å². The Morgan fingerprint density at radius 3 is 2.29 bits per heavy atom. The molecule has 0 aromatic heterocycles. The summed E-state index contributed by atoms with van der Waals surface area (Å²) in [7, 11) is 4.24. The fourth-order valence-electron chi connectivity index (χ4n) is 3.13. The summed E-state index contributed by atoms with van der Waals surface area (Å²) >= 11 is 0. The van der Waals surface area contributed by atoms with Crippen LogP contribution < -0.4 is 5.73 Å². The fourth-order valence-corrected chi connectivity index (χ4v) is 3.13. The zero-order valence-corrected chi connectivity index (χ0v) is 11.1. The Morgan fingerprint density at radius 2 is 1.82 bits per heavy atom. The van der Waals surface area contributed by atoms with E-state index in [1.807, 2.05) is 4.90 Å². The molecule has 1 saturated carbocycles. The number of nitrogens with two attached hydrogens (primary N) is 1. The molecule has 0 bridgehead atoms. The maximum absolute atomic E-state index is 12.3. The first-order valence-corrected chi connectivity index (χ1v) is 6.80. The van der Waals surface area contributed by atoms with Gasteiger partial charge in [-0.2, -0.15) is 0 Å². The van der Waals surface area contributed by atoms with Gasteiger partial charge in [-0.25, -0.2) is 0 Å². The van der Waals surface area contributed by atoms with E-state index < -0.39 is 0 Å². The van der Waals surface area contributed by atoms with E-state index in [-0.39, 0.29) is 12.0 Å². The van der Waals surface area contributed by atoms with Crippen molar-refractivity contribution in [3.8, 4) is 0 Å². The van der Waals surface area contributed by atoms with Crippen molar-refractivity contribution in [3.05, 3.63) is 0 Å². The van der Waals surface area contributed by atoms with E-state index in [9.17, 15) is 4.79 Å². The summed E-state index contributed by atoms with van der Waals surface area (Å²) in [5.41, 5.74) is 6.01. The molecule has 2 N–H and O–H groups in total. The second-order valence-corrected chi connectivity index (χ2v) is 5.72. The Hall–Kier alpha value is -0.610. The Kier molecular flexibility index (Phi) is 4.05. The molecule has 2 rings (SSSR count). The first-order valence-electron chi connectivity index (χ1n) is 6.80. The van der Waals surface area contributed by atoms with Crippen LogP contribution in [-0.4, -0.2) is 55.0 Å². The Morgan fingerprint density at radius 1 is 1.18 bits per heavy atom. The van der Waals surface area contributed by atoms with Gasteiger partial charge in [0.2, 0.25) is 5.91 Å². The van der Waals surface area contributed by atoms with Gasteiger partial charge in [0.15, 0.2) is 0 Å². The lowest BCUT2D eigenvalue weighted by atomic mass is 9.98. The van der Waals surface area contributed by atoms with Crippen molar-refractivity contribution >= 4 is 5.91 Å². The average Bonchev–Trinajstić information content (AvgIpc) is 2.74. The van der Waals surface area contributed by atoms with Crippen LogP contribution in [0, 0.1) is 5.92 Å². The highest BCUT2D eigenvalue weighted by Crippen LogP contribution is 2.27. The zero-order valence-electron chi connectivity index (χ0n) is 11.1. The first-order chi connectivity index (χ1) is 8.09. The maximum atomic E-state index is 12.3. The van der Waals surface area contributed by atoms with E-state index in [0.29, 0.717) is 11.9 Å². The van der Waals surface area contributed by atoms with Crippen LogP contribution in [0.2, 0.25) is 0 Å². The van der Waals surface area contributed by atoms with Gasteiger partial charge in [0.1, 0.15) is 0 Å². The lowest BCUT2D eigenvalue weighted by molar-refractivity contribution is -0.137. The summed E-state index contributed by atoms with van der Waals surface area (Å²) in [5.74, 6) is 0.415. The minimum atomic E-state index is 0.103. The maximum Gasteiger partial charge on any atom is 0.227 e. The minimum Gasteiger partial charge on any atom is -0.342 e. The lowest BCUT2D eigenvalue weighted by Crippen LogP contribution is -2.48. The van der Waals surface area contributed by atoms with E-state index in [2.05, 4.69) is 19.0 Å². The molecule has 1 amide bonds. The molecule has 2 aliphatic rings. The monoisotopic (exact) mass is 239 g/mol. The number of nitrogens with zero attached hydrogens (tertiary/aromatic N) is 2. The Bertz CT molecular complexity index is 272. The molecule has 1 saturated heterocycles. The van der Waals surface area contributed by atoms with E-state index >= 15 is 0 Å². The van der Waals surface area contributed by atoms with Crippen molar-refractivity contribution in [2.24, 2.45) is 11.7 Å². The normalized spacial score (nSPS) is 31.2. The van der Waals surface area contributed by atoms with Gasteiger partial charge in [-0.15, -0.1) is 0 Å². The molecular formula is C13H25N3O. The molecule has 1 heterocycles. The summed E-state index contributed by atoms with van der Waals surface area (Å²) in [6.45, 7) is 1.82. The topological polar surface area (TPSA) is 49.6 Å². The minimum absolute atomic E-state index is 0.103. The smallest absolute Gasteiger partial charge is 0.227 e. The van der Waals surface area contributed by atoms with E-state index in [4.69, 9.17) is 5.73 Å². The van der Waals surface area contributed by atoms with Crippen LogP contribution in [0.4, 0.5) is 0 Å². The third kappa shape index (κ3) is 2.80. The molecule has 0 aromatic carbocycles. The summed E-state index contributed by atoms with van der Waals surface area (Å²) in [4.78, 5) is 16.6. The second-order valence-electron chi connectivity index (χ2n) is 5.72. The van der Waals surface area contributed by atoms with Crippen LogP contribution in [0.25, 0.3) is 0 Å². The highest BCUT2D eigenvalue weighted by Gasteiger charge is 2.34. The molecule has 1 aliphatic carbocycles. The van der Waals surface area contributed by atoms with Crippen molar-refractivity contribution in [1.29, 1.82) is 0 Å². The molecule has 0 radical (unpaired) electrons. The van der Waals surface area contributed by atoms with Crippen molar-refractivity contribution in [2.75, 3.05) is 27.2 Å². The van der Waals surface area contributed by atoms with Gasteiger partial charge in [0.25, 0.3) is 0 Å². The molecule has 4 heteroatoms. The summed E-state index contributed by atoms with van der Waals surface area (Å²) < 4.78 is 0. The van der Waals surface area contributed by atoms with Gasteiger partial charge in [-0.3, -0.25) is 4.79 Å². The Balaban J connectivity index is 1.86. The van der Waals surface area contributed by atoms with Crippen LogP contribution in [0.15, 0.2) is 0 Å². The number of rotatable bonds is 2. The van der Waals surface area contributed by atoms with Crippen molar-refractivity contribution in [2.45, 2.75) is 44.2 Å². The zero-order chi connectivity index (χ0) is 12.4. The third-order valence-corrected chi connectivity index (χ3v) is 4.39. The number of carbonyl (C=O) groups is 1. The summed E-state index contributed by atoms with van der Waals surface area (Å²) in [6, 6.07) is 0.741. The largest absolute Gasteiger partial charge is 0.342 e. The molecule has 2 atom stereocenters. The molecule has 17 heavy (non-hydrogen) atoms. The Labute approximate surface area is 104 Å². The number of hydrogen-bond acceptors (Lipinski definition) is 3. The molecular weight excluding hydrogens is 214 g/mol. The molecule has 0 aromatic rings. The molecule has 98 valence electrons. The predicted octanol–water partition coefficient (Wildman–Crippen LogP) is 0.666. The SMILES string of the molecule is CN(C)C1CCN(C(=O)C2CCCC2N)CC1. The van der Waals surface area contributed by atoms with Crippen LogP contribution in [0.1, 0.15) is 32.1 Å². The number of likely N-dealkylation sites (tertiary alicyclic amines) is 1. The quantitative estimate of drug-likeness (QED) is 0.770. The molecule has 0 spiro atoms. The highest BCUT2D eigenvalue weighted by atomic mass is 16.2. The van der Waals surface area contributed by atoms with Crippen LogP contribution in [-0.2, 0) is 4.79 Å². The van der Waals surface area contributed by atoms with Crippen molar-refractivity contribution in [1.82, 2.24) is 9.80 Å². The summed E-state index contributed by atoms with van der Waals surface area (Å²) in [6.07, 6.45) is 5.32. The molecule has 2 fully saturated rings.